The second-order valence-corrected chi connectivity index (χ2v) is 7.30. The minimum absolute atomic E-state index is 0.160. The maximum absolute atomic E-state index is 12.2. The molecule has 2 heterocycles. The lowest BCUT2D eigenvalue weighted by Gasteiger charge is -2.34. The van der Waals surface area contributed by atoms with Crippen LogP contribution < -0.4 is 19.7 Å². The van der Waals surface area contributed by atoms with Crippen molar-refractivity contribution in [3.63, 3.8) is 0 Å². The second-order valence-electron chi connectivity index (χ2n) is 6.90. The monoisotopic (exact) mass is 399 g/mol. The van der Waals surface area contributed by atoms with Gasteiger partial charge in [0.15, 0.2) is 11.5 Å². The molecule has 0 atom stereocenters. The van der Waals surface area contributed by atoms with Crippen molar-refractivity contribution in [1.82, 2.24) is 4.90 Å². The van der Waals surface area contributed by atoms with Crippen molar-refractivity contribution < 1.29 is 14.3 Å². The summed E-state index contributed by atoms with van der Waals surface area (Å²) in [4.78, 5) is 16.9. The van der Waals surface area contributed by atoms with Gasteiger partial charge in [-0.05, 0) is 55.1 Å². The van der Waals surface area contributed by atoms with Crippen LogP contribution in [0.5, 0.6) is 11.5 Å². The molecule has 0 unspecified atom stereocenters. The molecule has 1 N–H and O–H groups in total. The molecule has 0 bridgehead atoms. The van der Waals surface area contributed by atoms with Crippen LogP contribution in [0.15, 0.2) is 42.5 Å². The molecule has 4 rings (SSSR count). The normalized spacial score (nSPS) is 16.6. The van der Waals surface area contributed by atoms with Gasteiger partial charge in [-0.3, -0.25) is 4.79 Å². The molecule has 1 fully saturated rings. The average molecular weight is 400 g/mol. The molecule has 2 aliphatic rings. The summed E-state index contributed by atoms with van der Waals surface area (Å²) in [5, 5.41) is 3.34. The topological polar surface area (TPSA) is 54.0 Å². The van der Waals surface area contributed by atoms with Crippen LogP contribution in [0.3, 0.4) is 0 Å². The summed E-state index contributed by atoms with van der Waals surface area (Å²) in [6, 6.07) is 11.5. The van der Waals surface area contributed by atoms with Gasteiger partial charge in [0, 0.05) is 43.6 Å². The smallest absolute Gasteiger partial charge is 0.248 e. The third-order valence-corrected chi connectivity index (χ3v) is 5.16. The molecule has 2 aromatic rings. The molecule has 0 aromatic heterocycles. The van der Waals surface area contributed by atoms with E-state index in [9.17, 15) is 4.79 Å². The molecule has 1 saturated heterocycles. The highest BCUT2D eigenvalue weighted by molar-refractivity contribution is 6.32. The number of piperazine rings is 1. The number of carbonyl (C=O) groups excluding carboxylic acids is 1. The molecule has 0 saturated carbocycles. The summed E-state index contributed by atoms with van der Waals surface area (Å²) in [6.45, 7) is 4.32. The predicted molar refractivity (Wildman–Crippen MR) is 111 cm³/mol. The van der Waals surface area contributed by atoms with E-state index in [4.69, 9.17) is 21.1 Å². The zero-order valence-corrected chi connectivity index (χ0v) is 16.4. The molecular formula is C21H22ClN3O3. The van der Waals surface area contributed by atoms with Crippen LogP contribution in [0.2, 0.25) is 5.02 Å². The van der Waals surface area contributed by atoms with Gasteiger partial charge in [0.25, 0.3) is 0 Å². The Balaban J connectivity index is 1.36. The average Bonchev–Trinajstić information content (AvgIpc) is 3.17. The number of rotatable bonds is 4. The predicted octanol–water partition coefficient (Wildman–Crippen LogP) is 3.47. The summed E-state index contributed by atoms with van der Waals surface area (Å²) in [6.07, 6.45) is 3.17. The van der Waals surface area contributed by atoms with E-state index in [1.165, 1.54) is 11.8 Å². The van der Waals surface area contributed by atoms with Crippen LogP contribution in [0.1, 0.15) is 5.56 Å². The van der Waals surface area contributed by atoms with Crippen LogP contribution in [-0.2, 0) is 4.79 Å². The number of hydrogen-bond acceptors (Lipinski definition) is 5. The van der Waals surface area contributed by atoms with Gasteiger partial charge in [0.1, 0.15) is 0 Å². The van der Waals surface area contributed by atoms with Gasteiger partial charge in [-0.15, -0.1) is 0 Å². The Kier molecular flexibility index (Phi) is 5.41. The third kappa shape index (κ3) is 4.24. The van der Waals surface area contributed by atoms with Crippen LogP contribution in [0.4, 0.5) is 11.4 Å². The summed E-state index contributed by atoms with van der Waals surface area (Å²) in [5.74, 6) is 0.928. The van der Waals surface area contributed by atoms with Gasteiger partial charge in [0.05, 0.1) is 5.02 Å². The van der Waals surface area contributed by atoms with Crippen molar-refractivity contribution in [3.8, 4) is 11.5 Å². The zero-order chi connectivity index (χ0) is 19.5. The largest absolute Gasteiger partial charge is 0.454 e. The van der Waals surface area contributed by atoms with Crippen LogP contribution in [-0.4, -0.2) is 50.8 Å². The number of halogens is 1. The Morgan fingerprint density at radius 2 is 1.86 bits per heavy atom. The van der Waals surface area contributed by atoms with Gasteiger partial charge < -0.3 is 24.6 Å². The van der Waals surface area contributed by atoms with Crippen molar-refractivity contribution in [2.24, 2.45) is 0 Å². The Morgan fingerprint density at radius 1 is 1.11 bits per heavy atom. The van der Waals surface area contributed by atoms with Crippen molar-refractivity contribution in [1.29, 1.82) is 0 Å². The Bertz CT molecular complexity index is 891. The van der Waals surface area contributed by atoms with E-state index < -0.39 is 0 Å². The van der Waals surface area contributed by atoms with Gasteiger partial charge >= 0.3 is 0 Å². The lowest BCUT2D eigenvalue weighted by molar-refractivity contribution is -0.111. The first-order valence-corrected chi connectivity index (χ1v) is 9.58. The lowest BCUT2D eigenvalue weighted by Crippen LogP contribution is -2.44. The van der Waals surface area contributed by atoms with Crippen molar-refractivity contribution in [2.45, 2.75) is 0 Å². The fraction of sp³-hybridized carbons (Fsp3) is 0.286. The van der Waals surface area contributed by atoms with Gasteiger partial charge in [-0.1, -0.05) is 11.6 Å². The first-order chi connectivity index (χ1) is 13.6. The highest BCUT2D eigenvalue weighted by atomic mass is 35.5. The highest BCUT2D eigenvalue weighted by Crippen LogP contribution is 2.40. The highest BCUT2D eigenvalue weighted by Gasteiger charge is 2.17. The molecule has 6 nitrogen and oxygen atoms in total. The van der Waals surface area contributed by atoms with E-state index in [0.717, 1.165) is 37.4 Å². The van der Waals surface area contributed by atoms with E-state index >= 15 is 0 Å². The molecule has 1 amide bonds. The van der Waals surface area contributed by atoms with E-state index in [-0.39, 0.29) is 12.7 Å². The van der Waals surface area contributed by atoms with E-state index in [2.05, 4.69) is 22.2 Å². The minimum Gasteiger partial charge on any atom is -0.454 e. The fourth-order valence-corrected chi connectivity index (χ4v) is 3.53. The van der Waals surface area contributed by atoms with Crippen molar-refractivity contribution >= 4 is 35.0 Å². The Hall–Kier alpha value is -2.70. The Labute approximate surface area is 169 Å². The zero-order valence-electron chi connectivity index (χ0n) is 15.7. The third-order valence-electron chi connectivity index (χ3n) is 4.88. The number of ether oxygens (including phenoxy) is 2. The van der Waals surface area contributed by atoms with Crippen LogP contribution in [0.25, 0.3) is 6.08 Å². The summed E-state index contributed by atoms with van der Waals surface area (Å²) in [5.41, 5.74) is 2.71. The first-order valence-electron chi connectivity index (χ1n) is 9.20. The van der Waals surface area contributed by atoms with E-state index in [1.54, 1.807) is 18.2 Å². The molecule has 146 valence electrons. The van der Waals surface area contributed by atoms with Gasteiger partial charge in [-0.2, -0.15) is 0 Å². The number of benzene rings is 2. The first kappa shape index (κ1) is 18.7. The minimum atomic E-state index is -0.207. The van der Waals surface area contributed by atoms with E-state index in [1.807, 2.05) is 24.3 Å². The molecule has 28 heavy (non-hydrogen) atoms. The maximum Gasteiger partial charge on any atom is 0.248 e. The number of nitrogens with one attached hydrogen (secondary N) is 1. The number of carbonyl (C=O) groups is 1. The van der Waals surface area contributed by atoms with E-state index in [0.29, 0.717) is 16.5 Å². The number of fused-ring (bicyclic) bond motifs is 1. The SMILES string of the molecule is CN1CCN(c2ccc(NC(=O)C=Cc3cc(Cl)c4c(c3)OCO4)cc2)CC1. The quantitative estimate of drug-likeness (QED) is 0.798. The number of likely N-dealkylation sites (N-methyl/N-ethyl adjacent to an activating group) is 1. The number of nitrogens with zero attached hydrogens (tertiary/aromatic N) is 2. The molecule has 7 heteroatoms. The number of hydrogen-bond donors (Lipinski definition) is 1. The molecule has 0 radical (unpaired) electrons. The summed E-state index contributed by atoms with van der Waals surface area (Å²) >= 11 is 6.16. The lowest BCUT2D eigenvalue weighted by atomic mass is 10.2. The molecule has 0 spiro atoms. The van der Waals surface area contributed by atoms with Crippen molar-refractivity contribution in [2.75, 3.05) is 50.2 Å². The summed E-state index contributed by atoms with van der Waals surface area (Å²) < 4.78 is 10.6. The number of amides is 1. The summed E-state index contributed by atoms with van der Waals surface area (Å²) in [7, 11) is 2.14. The van der Waals surface area contributed by atoms with Gasteiger partial charge in [-0.25, -0.2) is 0 Å². The maximum atomic E-state index is 12.2. The van der Waals surface area contributed by atoms with Crippen LogP contribution in [0, 0.1) is 0 Å². The molecular weight excluding hydrogens is 378 g/mol. The fourth-order valence-electron chi connectivity index (χ4n) is 3.26. The molecule has 2 aliphatic heterocycles. The van der Waals surface area contributed by atoms with Crippen LogP contribution >= 0.6 is 11.6 Å². The van der Waals surface area contributed by atoms with Crippen molar-refractivity contribution in [3.05, 3.63) is 53.1 Å². The standard InChI is InChI=1S/C21H22ClN3O3/c1-24-8-10-25(11-9-24)17-5-3-16(4-6-17)23-20(26)7-2-15-12-18(22)21-19(13-15)27-14-28-21/h2-7,12-13H,8-11,14H2,1H3,(H,23,26). The van der Waals surface area contributed by atoms with Gasteiger partial charge in [0.2, 0.25) is 12.7 Å². The number of anilines is 2. The Morgan fingerprint density at radius 3 is 2.61 bits per heavy atom. The second kappa shape index (κ2) is 8.12. The molecule has 0 aliphatic carbocycles. The molecule has 2 aromatic carbocycles.